The summed E-state index contributed by atoms with van der Waals surface area (Å²) in [6.45, 7) is 1.44. The average molecular weight is 228 g/mol. The monoisotopic (exact) mass is 227 g/mol. The number of carbonyl (C=O) groups is 2. The summed E-state index contributed by atoms with van der Waals surface area (Å²) in [6, 6.07) is 2.90. The van der Waals surface area contributed by atoms with E-state index >= 15 is 0 Å². The highest BCUT2D eigenvalue weighted by atomic mass is 35.5. The SMILES string of the molecule is COC(=O)c1cc(Cl)nc(CC(C)=O)c1. The first-order valence-electron chi connectivity index (χ1n) is 4.27. The first-order chi connectivity index (χ1) is 7.02. The molecule has 0 bridgehead atoms. The number of aromatic nitrogens is 1. The molecule has 1 heterocycles. The van der Waals surface area contributed by atoms with Crippen molar-refractivity contribution in [1.29, 1.82) is 0 Å². The fraction of sp³-hybridized carbons (Fsp3) is 0.300. The second kappa shape index (κ2) is 4.89. The van der Waals surface area contributed by atoms with Crippen molar-refractivity contribution in [2.24, 2.45) is 0 Å². The molecule has 0 atom stereocenters. The highest BCUT2D eigenvalue weighted by Crippen LogP contribution is 2.12. The largest absolute Gasteiger partial charge is 0.465 e. The smallest absolute Gasteiger partial charge is 0.338 e. The molecule has 15 heavy (non-hydrogen) atoms. The number of pyridine rings is 1. The summed E-state index contributed by atoms with van der Waals surface area (Å²) in [5.41, 5.74) is 0.768. The van der Waals surface area contributed by atoms with Gasteiger partial charge < -0.3 is 4.74 Å². The number of hydrogen-bond acceptors (Lipinski definition) is 4. The molecule has 4 nitrogen and oxygen atoms in total. The van der Waals surface area contributed by atoms with E-state index in [0.29, 0.717) is 11.3 Å². The van der Waals surface area contributed by atoms with Crippen molar-refractivity contribution in [2.45, 2.75) is 13.3 Å². The number of Topliss-reactive ketones (excluding diaryl/α,β-unsaturated/α-hetero) is 1. The van der Waals surface area contributed by atoms with Crippen LogP contribution in [-0.4, -0.2) is 23.8 Å². The molecule has 0 aliphatic carbocycles. The number of rotatable bonds is 3. The highest BCUT2D eigenvalue weighted by molar-refractivity contribution is 6.29. The van der Waals surface area contributed by atoms with Gasteiger partial charge in [0.2, 0.25) is 0 Å². The van der Waals surface area contributed by atoms with Gasteiger partial charge in [-0.25, -0.2) is 9.78 Å². The Bertz CT molecular complexity index is 404. The maximum Gasteiger partial charge on any atom is 0.338 e. The number of methoxy groups -OCH3 is 1. The Kier molecular flexibility index (Phi) is 3.80. The van der Waals surface area contributed by atoms with Crippen LogP contribution in [0.15, 0.2) is 12.1 Å². The molecule has 80 valence electrons. The number of ketones is 1. The minimum absolute atomic E-state index is 0.0411. The lowest BCUT2D eigenvalue weighted by Gasteiger charge is -2.02. The van der Waals surface area contributed by atoms with E-state index in [1.54, 1.807) is 0 Å². The normalized spacial score (nSPS) is 9.80. The molecule has 0 radical (unpaired) electrons. The molecular formula is C10H10ClNO3. The third-order valence-corrected chi connectivity index (χ3v) is 1.89. The Morgan fingerprint density at radius 2 is 2.13 bits per heavy atom. The van der Waals surface area contributed by atoms with Gasteiger partial charge in [-0.3, -0.25) is 4.79 Å². The van der Waals surface area contributed by atoms with Crippen molar-refractivity contribution < 1.29 is 14.3 Å². The van der Waals surface area contributed by atoms with Crippen LogP contribution in [0.2, 0.25) is 5.15 Å². The van der Waals surface area contributed by atoms with Gasteiger partial charge in [-0.05, 0) is 19.1 Å². The van der Waals surface area contributed by atoms with Gasteiger partial charge in [0.25, 0.3) is 0 Å². The summed E-state index contributed by atoms with van der Waals surface area (Å²) in [6.07, 6.45) is 0.157. The van der Waals surface area contributed by atoms with E-state index in [4.69, 9.17) is 11.6 Å². The van der Waals surface area contributed by atoms with Crippen LogP contribution in [0.25, 0.3) is 0 Å². The lowest BCUT2D eigenvalue weighted by Crippen LogP contribution is -2.05. The van der Waals surface area contributed by atoms with E-state index in [-0.39, 0.29) is 17.4 Å². The van der Waals surface area contributed by atoms with Crippen molar-refractivity contribution in [3.63, 3.8) is 0 Å². The predicted molar refractivity (Wildman–Crippen MR) is 55.0 cm³/mol. The fourth-order valence-corrected chi connectivity index (χ4v) is 1.36. The molecule has 0 aliphatic heterocycles. The van der Waals surface area contributed by atoms with Crippen LogP contribution in [0.1, 0.15) is 23.0 Å². The maximum absolute atomic E-state index is 11.2. The fourth-order valence-electron chi connectivity index (χ4n) is 1.13. The Balaban J connectivity index is 3.04. The van der Waals surface area contributed by atoms with Crippen molar-refractivity contribution in [3.8, 4) is 0 Å². The zero-order chi connectivity index (χ0) is 11.4. The second-order valence-corrected chi connectivity index (χ2v) is 3.43. The average Bonchev–Trinajstić information content (AvgIpc) is 2.14. The van der Waals surface area contributed by atoms with Gasteiger partial charge >= 0.3 is 5.97 Å². The van der Waals surface area contributed by atoms with E-state index in [0.717, 1.165) is 0 Å². The summed E-state index contributed by atoms with van der Waals surface area (Å²) in [5.74, 6) is -0.537. The molecule has 0 N–H and O–H groups in total. The highest BCUT2D eigenvalue weighted by Gasteiger charge is 2.10. The third-order valence-electron chi connectivity index (χ3n) is 1.70. The molecule has 0 spiro atoms. The van der Waals surface area contributed by atoms with Crippen molar-refractivity contribution in [3.05, 3.63) is 28.5 Å². The lowest BCUT2D eigenvalue weighted by molar-refractivity contribution is -0.116. The van der Waals surface area contributed by atoms with Crippen LogP contribution in [0.4, 0.5) is 0 Å². The van der Waals surface area contributed by atoms with E-state index in [9.17, 15) is 9.59 Å². The molecule has 0 fully saturated rings. The van der Waals surface area contributed by atoms with Crippen LogP contribution < -0.4 is 0 Å². The van der Waals surface area contributed by atoms with Crippen molar-refractivity contribution in [2.75, 3.05) is 7.11 Å². The van der Waals surface area contributed by atoms with Gasteiger partial charge in [-0.15, -0.1) is 0 Å². The molecule has 1 aromatic rings. The Morgan fingerprint density at radius 3 is 2.67 bits per heavy atom. The maximum atomic E-state index is 11.2. The van der Waals surface area contributed by atoms with Crippen molar-refractivity contribution >= 4 is 23.4 Å². The summed E-state index contributed by atoms with van der Waals surface area (Å²) in [5, 5.41) is 0.175. The zero-order valence-corrected chi connectivity index (χ0v) is 9.17. The molecule has 0 saturated heterocycles. The van der Waals surface area contributed by atoms with Gasteiger partial charge in [0.05, 0.1) is 18.4 Å². The Labute approximate surface area is 92.2 Å². The number of halogens is 1. The summed E-state index contributed by atoms with van der Waals surface area (Å²) in [4.78, 5) is 26.0. The zero-order valence-electron chi connectivity index (χ0n) is 8.41. The van der Waals surface area contributed by atoms with Gasteiger partial charge in [-0.2, -0.15) is 0 Å². The topological polar surface area (TPSA) is 56.3 Å². The van der Waals surface area contributed by atoms with E-state index in [1.807, 2.05) is 0 Å². The standard InChI is InChI=1S/C10H10ClNO3/c1-6(13)3-8-4-7(10(14)15-2)5-9(11)12-8/h4-5H,3H2,1-2H3. The Hall–Kier alpha value is -1.42. The van der Waals surface area contributed by atoms with Crippen molar-refractivity contribution in [1.82, 2.24) is 4.98 Å². The summed E-state index contributed by atoms with van der Waals surface area (Å²) >= 11 is 5.70. The van der Waals surface area contributed by atoms with Gasteiger partial charge in [0.1, 0.15) is 10.9 Å². The number of hydrogen-bond donors (Lipinski definition) is 0. The van der Waals surface area contributed by atoms with Crippen LogP contribution >= 0.6 is 11.6 Å². The van der Waals surface area contributed by atoms with Crippen LogP contribution in [0.3, 0.4) is 0 Å². The number of ether oxygens (including phenoxy) is 1. The van der Waals surface area contributed by atoms with Crippen LogP contribution in [-0.2, 0) is 16.0 Å². The molecular weight excluding hydrogens is 218 g/mol. The van der Waals surface area contributed by atoms with E-state index < -0.39 is 5.97 Å². The quantitative estimate of drug-likeness (QED) is 0.582. The minimum Gasteiger partial charge on any atom is -0.465 e. The molecule has 0 saturated carbocycles. The Morgan fingerprint density at radius 1 is 1.47 bits per heavy atom. The molecule has 1 rings (SSSR count). The van der Waals surface area contributed by atoms with Crippen LogP contribution in [0, 0.1) is 0 Å². The first kappa shape index (κ1) is 11.7. The second-order valence-electron chi connectivity index (χ2n) is 3.04. The van der Waals surface area contributed by atoms with Gasteiger partial charge in [0, 0.05) is 6.42 Å². The van der Waals surface area contributed by atoms with E-state index in [2.05, 4.69) is 9.72 Å². The molecule has 0 amide bonds. The lowest BCUT2D eigenvalue weighted by atomic mass is 10.1. The van der Waals surface area contributed by atoms with Crippen LogP contribution in [0.5, 0.6) is 0 Å². The third kappa shape index (κ3) is 3.32. The number of esters is 1. The first-order valence-corrected chi connectivity index (χ1v) is 4.65. The molecule has 5 heteroatoms. The van der Waals surface area contributed by atoms with Gasteiger partial charge in [-0.1, -0.05) is 11.6 Å². The summed E-state index contributed by atoms with van der Waals surface area (Å²) < 4.78 is 4.54. The number of carbonyl (C=O) groups excluding carboxylic acids is 2. The molecule has 0 unspecified atom stereocenters. The summed E-state index contributed by atoms with van der Waals surface area (Å²) in [7, 11) is 1.28. The molecule has 0 aliphatic rings. The minimum atomic E-state index is -0.496. The number of nitrogens with zero attached hydrogens (tertiary/aromatic N) is 1. The molecule has 0 aromatic carbocycles. The molecule has 1 aromatic heterocycles. The van der Waals surface area contributed by atoms with E-state index in [1.165, 1.54) is 26.2 Å². The predicted octanol–water partition coefficient (Wildman–Crippen LogP) is 1.65. The van der Waals surface area contributed by atoms with Gasteiger partial charge in [0.15, 0.2) is 0 Å².